The Labute approximate surface area is 110 Å². The van der Waals surface area contributed by atoms with Crippen LogP contribution >= 0.6 is 0 Å². The molecule has 2 heteroatoms. The summed E-state index contributed by atoms with van der Waals surface area (Å²) in [4.78, 5) is 0. The summed E-state index contributed by atoms with van der Waals surface area (Å²) in [6.45, 7) is 5.43. The maximum Gasteiger partial charge on any atom is 0.0945 e. The molecule has 1 heterocycles. The normalized spacial score (nSPS) is 25.9. The van der Waals surface area contributed by atoms with Crippen molar-refractivity contribution in [3.8, 4) is 0 Å². The second kappa shape index (κ2) is 6.35. The maximum atomic E-state index is 10.6. The van der Waals surface area contributed by atoms with Crippen LogP contribution < -0.4 is 5.32 Å². The van der Waals surface area contributed by atoms with E-state index in [0.717, 1.165) is 30.9 Å². The molecule has 0 aromatic heterocycles. The van der Waals surface area contributed by atoms with Crippen molar-refractivity contribution in [3.63, 3.8) is 0 Å². The number of aryl methyl sites for hydroxylation is 1. The van der Waals surface area contributed by atoms with Crippen LogP contribution in [0.25, 0.3) is 0 Å². The Kier molecular flexibility index (Phi) is 4.79. The summed E-state index contributed by atoms with van der Waals surface area (Å²) in [5, 5.41) is 14.1. The van der Waals surface area contributed by atoms with Gasteiger partial charge in [0.15, 0.2) is 0 Å². The van der Waals surface area contributed by atoms with Crippen LogP contribution in [0.1, 0.15) is 50.3 Å². The van der Waals surface area contributed by atoms with Gasteiger partial charge in [-0.25, -0.2) is 0 Å². The van der Waals surface area contributed by atoms with Crippen LogP contribution in [-0.4, -0.2) is 17.7 Å². The molecule has 0 aliphatic carbocycles. The fourth-order valence-electron chi connectivity index (χ4n) is 3.01. The summed E-state index contributed by atoms with van der Waals surface area (Å²) in [5.74, 6) is 0.764. The first-order chi connectivity index (χ1) is 8.76. The van der Waals surface area contributed by atoms with Gasteiger partial charge in [-0.1, -0.05) is 44.5 Å². The van der Waals surface area contributed by atoms with Gasteiger partial charge in [0.1, 0.15) is 0 Å². The third-order valence-corrected chi connectivity index (χ3v) is 4.26. The molecule has 0 bridgehead atoms. The molecule has 1 saturated heterocycles. The zero-order chi connectivity index (χ0) is 13.0. The van der Waals surface area contributed by atoms with Gasteiger partial charge < -0.3 is 10.4 Å². The second-order valence-corrected chi connectivity index (χ2v) is 5.36. The summed E-state index contributed by atoms with van der Waals surface area (Å²) in [6, 6.07) is 8.49. The Morgan fingerprint density at radius 3 is 2.83 bits per heavy atom. The monoisotopic (exact) mass is 247 g/mol. The second-order valence-electron chi connectivity index (χ2n) is 5.36. The molecule has 2 N–H and O–H groups in total. The van der Waals surface area contributed by atoms with E-state index in [4.69, 9.17) is 0 Å². The predicted molar refractivity (Wildman–Crippen MR) is 75.6 cm³/mol. The third-order valence-electron chi connectivity index (χ3n) is 4.26. The SMILES string of the molecule is CCc1ccccc1C(O)C1CC(CC)CCN1. The van der Waals surface area contributed by atoms with Gasteiger partial charge in [0.2, 0.25) is 0 Å². The minimum atomic E-state index is -0.365. The van der Waals surface area contributed by atoms with Crippen LogP contribution in [-0.2, 0) is 6.42 Å². The van der Waals surface area contributed by atoms with Gasteiger partial charge >= 0.3 is 0 Å². The molecule has 100 valence electrons. The minimum Gasteiger partial charge on any atom is -0.387 e. The average Bonchev–Trinajstić information content (AvgIpc) is 2.46. The Morgan fingerprint density at radius 2 is 2.11 bits per heavy atom. The highest BCUT2D eigenvalue weighted by Gasteiger charge is 2.27. The number of piperidine rings is 1. The molecule has 0 radical (unpaired) electrons. The van der Waals surface area contributed by atoms with Gasteiger partial charge in [-0.15, -0.1) is 0 Å². The van der Waals surface area contributed by atoms with Crippen molar-refractivity contribution < 1.29 is 5.11 Å². The molecule has 1 aliphatic rings. The number of nitrogens with one attached hydrogen (secondary N) is 1. The molecular weight excluding hydrogens is 222 g/mol. The van der Waals surface area contributed by atoms with Crippen molar-refractivity contribution in [3.05, 3.63) is 35.4 Å². The molecule has 1 aliphatic heterocycles. The largest absolute Gasteiger partial charge is 0.387 e. The summed E-state index contributed by atoms with van der Waals surface area (Å²) >= 11 is 0. The van der Waals surface area contributed by atoms with Crippen molar-refractivity contribution in [2.24, 2.45) is 5.92 Å². The van der Waals surface area contributed by atoms with E-state index < -0.39 is 0 Å². The minimum absolute atomic E-state index is 0.219. The van der Waals surface area contributed by atoms with Crippen LogP contribution in [0.2, 0.25) is 0 Å². The van der Waals surface area contributed by atoms with Crippen LogP contribution in [0.4, 0.5) is 0 Å². The van der Waals surface area contributed by atoms with Crippen LogP contribution in [0.15, 0.2) is 24.3 Å². The van der Waals surface area contributed by atoms with E-state index in [0.29, 0.717) is 0 Å². The highest BCUT2D eigenvalue weighted by atomic mass is 16.3. The first kappa shape index (κ1) is 13.6. The average molecular weight is 247 g/mol. The van der Waals surface area contributed by atoms with Crippen LogP contribution in [0.3, 0.4) is 0 Å². The molecule has 1 aromatic rings. The van der Waals surface area contributed by atoms with Gasteiger partial charge in [-0.3, -0.25) is 0 Å². The number of hydrogen-bond acceptors (Lipinski definition) is 2. The first-order valence-corrected chi connectivity index (χ1v) is 7.25. The molecule has 0 saturated carbocycles. The Morgan fingerprint density at radius 1 is 1.33 bits per heavy atom. The third kappa shape index (κ3) is 2.93. The highest BCUT2D eigenvalue weighted by molar-refractivity contribution is 5.30. The number of aliphatic hydroxyl groups excluding tert-OH is 1. The molecule has 1 fully saturated rings. The lowest BCUT2D eigenvalue weighted by atomic mass is 9.85. The standard InChI is InChI=1S/C16H25NO/c1-3-12-9-10-17-15(11-12)16(18)14-8-6-5-7-13(14)4-2/h5-8,12,15-18H,3-4,9-11H2,1-2H3. The predicted octanol–water partition coefficient (Wildman–Crippen LogP) is 3.06. The quantitative estimate of drug-likeness (QED) is 0.857. The zero-order valence-electron chi connectivity index (χ0n) is 11.5. The lowest BCUT2D eigenvalue weighted by molar-refractivity contribution is 0.0972. The lowest BCUT2D eigenvalue weighted by Gasteiger charge is -2.33. The summed E-state index contributed by atoms with van der Waals surface area (Å²) < 4.78 is 0. The number of rotatable bonds is 4. The molecule has 18 heavy (non-hydrogen) atoms. The summed E-state index contributed by atoms with van der Waals surface area (Å²) in [5.41, 5.74) is 2.37. The molecule has 3 unspecified atom stereocenters. The van der Waals surface area contributed by atoms with E-state index in [1.165, 1.54) is 18.4 Å². The van der Waals surface area contributed by atoms with Crippen molar-refractivity contribution in [2.45, 2.75) is 51.7 Å². The Bertz CT molecular complexity index is 377. The fourth-order valence-corrected chi connectivity index (χ4v) is 3.01. The lowest BCUT2D eigenvalue weighted by Crippen LogP contribution is -2.42. The van der Waals surface area contributed by atoms with E-state index >= 15 is 0 Å². The van der Waals surface area contributed by atoms with E-state index in [9.17, 15) is 5.11 Å². The van der Waals surface area contributed by atoms with Crippen LogP contribution in [0, 0.1) is 5.92 Å². The first-order valence-electron chi connectivity index (χ1n) is 7.25. The molecule has 2 nitrogen and oxygen atoms in total. The van der Waals surface area contributed by atoms with Crippen LogP contribution in [0.5, 0.6) is 0 Å². The van der Waals surface area contributed by atoms with E-state index in [1.807, 2.05) is 6.07 Å². The topological polar surface area (TPSA) is 32.3 Å². The molecular formula is C16H25NO. The Balaban J connectivity index is 2.12. The van der Waals surface area contributed by atoms with Gasteiger partial charge in [-0.2, -0.15) is 0 Å². The summed E-state index contributed by atoms with van der Waals surface area (Å²) in [7, 11) is 0. The molecule has 0 spiro atoms. The highest BCUT2D eigenvalue weighted by Crippen LogP contribution is 2.29. The van der Waals surface area contributed by atoms with Gasteiger partial charge in [0.05, 0.1) is 6.10 Å². The summed E-state index contributed by atoms with van der Waals surface area (Å²) in [6.07, 6.45) is 4.18. The van der Waals surface area contributed by atoms with E-state index in [2.05, 4.69) is 37.4 Å². The number of aliphatic hydroxyl groups is 1. The molecule has 2 rings (SSSR count). The van der Waals surface area contributed by atoms with Gasteiger partial charge in [-0.05, 0) is 42.9 Å². The van der Waals surface area contributed by atoms with Gasteiger partial charge in [0.25, 0.3) is 0 Å². The smallest absolute Gasteiger partial charge is 0.0945 e. The Hall–Kier alpha value is -0.860. The van der Waals surface area contributed by atoms with Crippen molar-refractivity contribution >= 4 is 0 Å². The number of benzene rings is 1. The molecule has 1 aromatic carbocycles. The van der Waals surface area contributed by atoms with Crippen molar-refractivity contribution in [1.29, 1.82) is 0 Å². The molecule has 0 amide bonds. The maximum absolute atomic E-state index is 10.6. The zero-order valence-corrected chi connectivity index (χ0v) is 11.5. The van der Waals surface area contributed by atoms with E-state index in [1.54, 1.807) is 0 Å². The fraction of sp³-hybridized carbons (Fsp3) is 0.625. The molecule has 3 atom stereocenters. The van der Waals surface area contributed by atoms with Crippen molar-refractivity contribution in [2.75, 3.05) is 6.54 Å². The van der Waals surface area contributed by atoms with Crippen molar-refractivity contribution in [1.82, 2.24) is 5.32 Å². The van der Waals surface area contributed by atoms with E-state index in [-0.39, 0.29) is 12.1 Å². The number of hydrogen-bond donors (Lipinski definition) is 2. The van der Waals surface area contributed by atoms with Gasteiger partial charge in [0, 0.05) is 6.04 Å².